The fraction of sp³-hybridized carbons (Fsp3) is 0.429. The first kappa shape index (κ1) is 20.5. The molecule has 0 heterocycles. The lowest BCUT2D eigenvalue weighted by Gasteiger charge is -2.34. The van der Waals surface area contributed by atoms with Crippen molar-refractivity contribution in [1.29, 1.82) is 0 Å². The van der Waals surface area contributed by atoms with Gasteiger partial charge in [0.25, 0.3) is 0 Å². The molecule has 0 radical (unpaired) electrons. The molecular formula is C21H29O4P. The first-order valence-electron chi connectivity index (χ1n) is 9.15. The molecule has 0 saturated heterocycles. The highest BCUT2D eigenvalue weighted by Crippen LogP contribution is 2.54. The first-order chi connectivity index (χ1) is 12.3. The van der Waals surface area contributed by atoms with Crippen molar-refractivity contribution in [3.63, 3.8) is 0 Å². The Kier molecular flexibility index (Phi) is 7.31. The summed E-state index contributed by atoms with van der Waals surface area (Å²) >= 11 is 0. The standard InChI is InChI=1S/C21H29O4P/c1-5-6-13-18(2)21(3,4)25-26(22,23-19-14-9-7-10-15-19)24-20-16-11-8-12-17-20/h7-12,14-18H,5-6,13H2,1-4H3. The minimum Gasteiger partial charge on any atom is -0.395 e. The molecule has 4 nitrogen and oxygen atoms in total. The van der Waals surface area contributed by atoms with Gasteiger partial charge in [0.15, 0.2) is 0 Å². The Labute approximate surface area is 157 Å². The lowest BCUT2D eigenvalue weighted by Crippen LogP contribution is -2.33. The Morgan fingerprint density at radius 2 is 1.38 bits per heavy atom. The molecule has 0 fully saturated rings. The van der Waals surface area contributed by atoms with Crippen molar-refractivity contribution < 1.29 is 18.1 Å². The van der Waals surface area contributed by atoms with Gasteiger partial charge in [-0.15, -0.1) is 0 Å². The van der Waals surface area contributed by atoms with E-state index in [0.717, 1.165) is 19.3 Å². The fourth-order valence-corrected chi connectivity index (χ4v) is 4.14. The van der Waals surface area contributed by atoms with Gasteiger partial charge < -0.3 is 9.05 Å². The summed E-state index contributed by atoms with van der Waals surface area (Å²) < 4.78 is 30.9. The number of benzene rings is 2. The summed E-state index contributed by atoms with van der Waals surface area (Å²) in [6.45, 7) is 8.12. The summed E-state index contributed by atoms with van der Waals surface area (Å²) in [6, 6.07) is 17.9. The van der Waals surface area contributed by atoms with Gasteiger partial charge in [0.1, 0.15) is 11.5 Å². The van der Waals surface area contributed by atoms with Gasteiger partial charge in [-0.2, -0.15) is 0 Å². The second-order valence-corrected chi connectivity index (χ2v) is 8.44. The van der Waals surface area contributed by atoms with Gasteiger partial charge >= 0.3 is 7.82 Å². The monoisotopic (exact) mass is 376 g/mol. The van der Waals surface area contributed by atoms with E-state index in [1.54, 1.807) is 24.3 Å². The third-order valence-corrected chi connectivity index (χ3v) is 6.01. The van der Waals surface area contributed by atoms with Crippen LogP contribution in [0.25, 0.3) is 0 Å². The summed E-state index contributed by atoms with van der Waals surface area (Å²) in [4.78, 5) is 0. The number of phosphoric acid groups is 1. The molecule has 5 heteroatoms. The minimum atomic E-state index is -3.87. The maximum absolute atomic E-state index is 13.5. The van der Waals surface area contributed by atoms with Crippen molar-refractivity contribution in [3.8, 4) is 11.5 Å². The minimum absolute atomic E-state index is 0.203. The average molecular weight is 376 g/mol. The predicted molar refractivity (Wildman–Crippen MR) is 106 cm³/mol. The van der Waals surface area contributed by atoms with Gasteiger partial charge in [-0.05, 0) is 50.5 Å². The van der Waals surface area contributed by atoms with E-state index in [0.29, 0.717) is 11.5 Å². The van der Waals surface area contributed by atoms with Crippen LogP contribution in [0.3, 0.4) is 0 Å². The smallest absolute Gasteiger partial charge is 0.395 e. The highest BCUT2D eigenvalue weighted by Gasteiger charge is 2.41. The van der Waals surface area contributed by atoms with Crippen LogP contribution < -0.4 is 9.05 Å². The summed E-state index contributed by atoms with van der Waals surface area (Å²) in [7, 11) is -3.87. The molecule has 2 aromatic carbocycles. The number of phosphoric ester groups is 1. The second-order valence-electron chi connectivity index (χ2n) is 6.99. The number of rotatable bonds is 10. The normalized spacial score (nSPS) is 13.2. The van der Waals surface area contributed by atoms with Crippen molar-refractivity contribution in [2.45, 2.75) is 52.6 Å². The van der Waals surface area contributed by atoms with Crippen LogP contribution in [0, 0.1) is 5.92 Å². The summed E-state index contributed by atoms with van der Waals surface area (Å²) in [5.74, 6) is 1.10. The topological polar surface area (TPSA) is 44.8 Å². The molecule has 2 rings (SSSR count). The SMILES string of the molecule is CCCCC(C)C(C)(C)OP(=O)(Oc1ccccc1)Oc1ccccc1. The number of unbranched alkanes of at least 4 members (excludes halogenated alkanes) is 1. The van der Waals surface area contributed by atoms with Crippen LogP contribution in [0.1, 0.15) is 47.0 Å². The van der Waals surface area contributed by atoms with Crippen molar-refractivity contribution in [3.05, 3.63) is 60.7 Å². The van der Waals surface area contributed by atoms with Gasteiger partial charge in [-0.3, -0.25) is 4.52 Å². The van der Waals surface area contributed by atoms with Gasteiger partial charge in [-0.25, -0.2) is 4.57 Å². The lowest BCUT2D eigenvalue weighted by atomic mass is 9.88. The van der Waals surface area contributed by atoms with E-state index >= 15 is 0 Å². The van der Waals surface area contributed by atoms with Crippen LogP contribution in [0.5, 0.6) is 11.5 Å². The lowest BCUT2D eigenvalue weighted by molar-refractivity contribution is 0.0217. The molecule has 1 atom stereocenters. The maximum Gasteiger partial charge on any atom is 0.588 e. The Balaban J connectivity index is 2.23. The van der Waals surface area contributed by atoms with Crippen molar-refractivity contribution in [1.82, 2.24) is 0 Å². The molecule has 0 aliphatic rings. The third-order valence-electron chi connectivity index (χ3n) is 4.45. The predicted octanol–water partition coefficient (Wildman–Crippen LogP) is 6.87. The van der Waals surface area contributed by atoms with E-state index in [1.807, 2.05) is 50.2 Å². The largest absolute Gasteiger partial charge is 0.588 e. The van der Waals surface area contributed by atoms with E-state index in [9.17, 15) is 4.57 Å². The Morgan fingerprint density at radius 3 is 1.81 bits per heavy atom. The Hall–Kier alpha value is -1.77. The van der Waals surface area contributed by atoms with E-state index in [4.69, 9.17) is 13.6 Å². The van der Waals surface area contributed by atoms with Crippen molar-refractivity contribution in [2.75, 3.05) is 0 Å². The van der Waals surface area contributed by atoms with Crippen molar-refractivity contribution in [2.24, 2.45) is 5.92 Å². The molecule has 0 aliphatic carbocycles. The van der Waals surface area contributed by atoms with E-state index in [1.165, 1.54) is 0 Å². The van der Waals surface area contributed by atoms with Crippen LogP contribution in [0.2, 0.25) is 0 Å². The average Bonchev–Trinajstić information content (AvgIpc) is 2.60. The molecule has 0 amide bonds. The molecule has 1 unspecified atom stereocenters. The fourth-order valence-electron chi connectivity index (χ4n) is 2.51. The zero-order chi connectivity index (χ0) is 19.0. The molecule has 0 saturated carbocycles. The number of para-hydroxylation sites is 2. The third kappa shape index (κ3) is 6.19. The first-order valence-corrected chi connectivity index (χ1v) is 10.6. The van der Waals surface area contributed by atoms with E-state index in [2.05, 4.69) is 13.8 Å². The summed E-state index contributed by atoms with van der Waals surface area (Å²) in [5, 5.41) is 0. The van der Waals surface area contributed by atoms with Crippen LogP contribution in [-0.4, -0.2) is 5.60 Å². The summed E-state index contributed by atoms with van der Waals surface area (Å²) in [5.41, 5.74) is -0.658. The van der Waals surface area contributed by atoms with Gasteiger partial charge in [0.05, 0.1) is 5.60 Å². The van der Waals surface area contributed by atoms with Gasteiger partial charge in [-0.1, -0.05) is 63.1 Å². The zero-order valence-corrected chi connectivity index (χ0v) is 16.9. The van der Waals surface area contributed by atoms with Gasteiger partial charge in [0.2, 0.25) is 0 Å². The quantitative estimate of drug-likeness (QED) is 0.424. The van der Waals surface area contributed by atoms with Crippen LogP contribution in [-0.2, 0) is 9.09 Å². The van der Waals surface area contributed by atoms with Crippen molar-refractivity contribution >= 4 is 7.82 Å². The second kappa shape index (κ2) is 9.25. The number of hydrogen-bond donors (Lipinski definition) is 0. The van der Waals surface area contributed by atoms with Gasteiger partial charge in [0, 0.05) is 0 Å². The summed E-state index contributed by atoms with van der Waals surface area (Å²) in [6.07, 6.45) is 3.19. The van der Waals surface area contributed by atoms with E-state index in [-0.39, 0.29) is 5.92 Å². The highest BCUT2D eigenvalue weighted by molar-refractivity contribution is 7.49. The molecule has 0 aliphatic heterocycles. The molecule has 0 aromatic heterocycles. The number of hydrogen-bond acceptors (Lipinski definition) is 4. The maximum atomic E-state index is 13.5. The molecule has 142 valence electrons. The van der Waals surface area contributed by atoms with Crippen LogP contribution in [0.15, 0.2) is 60.7 Å². The molecule has 0 bridgehead atoms. The van der Waals surface area contributed by atoms with Crippen LogP contribution in [0.4, 0.5) is 0 Å². The van der Waals surface area contributed by atoms with Crippen LogP contribution >= 0.6 is 7.82 Å². The van der Waals surface area contributed by atoms with E-state index < -0.39 is 13.4 Å². The Bertz CT molecular complexity index is 655. The molecule has 0 spiro atoms. The molecule has 0 N–H and O–H groups in total. The molecule has 2 aromatic rings. The zero-order valence-electron chi connectivity index (χ0n) is 16.1. The highest BCUT2D eigenvalue weighted by atomic mass is 31.2. The molecule has 26 heavy (non-hydrogen) atoms. The Morgan fingerprint density at radius 1 is 0.923 bits per heavy atom. The molecular weight excluding hydrogens is 347 g/mol.